The van der Waals surface area contributed by atoms with Gasteiger partial charge in [0.05, 0.1) is 24.5 Å². The summed E-state index contributed by atoms with van der Waals surface area (Å²) >= 11 is 0. The van der Waals surface area contributed by atoms with Crippen molar-refractivity contribution in [3.05, 3.63) is 11.4 Å². The molecule has 0 heterocycles. The minimum absolute atomic E-state index is 0.000577. The molecule has 0 aromatic heterocycles. The van der Waals surface area contributed by atoms with Gasteiger partial charge in [0.15, 0.2) is 0 Å². The predicted molar refractivity (Wildman–Crippen MR) is 68.8 cm³/mol. The lowest BCUT2D eigenvalue weighted by Crippen LogP contribution is -2.32. The van der Waals surface area contributed by atoms with E-state index in [1.165, 1.54) is 0 Å². The van der Waals surface area contributed by atoms with Gasteiger partial charge in [-0.15, -0.1) is 0 Å². The molecule has 4 N–H and O–H groups in total. The van der Waals surface area contributed by atoms with Crippen LogP contribution in [-0.2, 0) is 14.3 Å². The third-order valence-electron chi connectivity index (χ3n) is 1.89. The highest BCUT2D eigenvalue weighted by molar-refractivity contribution is 7.85. The number of hydrogen-bond donors (Lipinski definition) is 3. The lowest BCUT2D eigenvalue weighted by atomic mass is 10.3. The standard InChI is InChI=1S/C10H20N4O3S/c1-3-4-13-10(9(7-11)8-12)14-5-6-17-18(2,15)16/h13-14H,3-7,11H2,1-2H3/b10-9+. The Morgan fingerprint density at radius 1 is 1.39 bits per heavy atom. The second kappa shape index (κ2) is 8.74. The number of nitriles is 1. The fraction of sp³-hybridized carbons (Fsp3) is 0.700. The van der Waals surface area contributed by atoms with Crippen molar-refractivity contribution in [3.8, 4) is 6.07 Å². The van der Waals surface area contributed by atoms with Gasteiger partial charge in [0, 0.05) is 19.6 Å². The van der Waals surface area contributed by atoms with E-state index in [1.807, 2.05) is 13.0 Å². The zero-order valence-corrected chi connectivity index (χ0v) is 11.5. The number of nitrogens with zero attached hydrogens (tertiary/aromatic N) is 1. The molecule has 0 amide bonds. The van der Waals surface area contributed by atoms with Crippen molar-refractivity contribution in [2.75, 3.05) is 32.5 Å². The van der Waals surface area contributed by atoms with E-state index in [0.717, 1.165) is 12.7 Å². The van der Waals surface area contributed by atoms with Gasteiger partial charge in [0.2, 0.25) is 0 Å². The van der Waals surface area contributed by atoms with Gasteiger partial charge in [0.25, 0.3) is 10.1 Å². The number of nitrogens with two attached hydrogens (primary N) is 1. The lowest BCUT2D eigenvalue weighted by Gasteiger charge is -2.14. The van der Waals surface area contributed by atoms with Crippen molar-refractivity contribution in [1.82, 2.24) is 10.6 Å². The first-order valence-electron chi connectivity index (χ1n) is 5.60. The Labute approximate surface area is 108 Å². The van der Waals surface area contributed by atoms with E-state index in [1.54, 1.807) is 0 Å². The van der Waals surface area contributed by atoms with E-state index in [0.29, 0.717) is 17.9 Å². The Morgan fingerprint density at radius 3 is 2.44 bits per heavy atom. The van der Waals surface area contributed by atoms with E-state index in [4.69, 9.17) is 11.0 Å². The monoisotopic (exact) mass is 276 g/mol. The topological polar surface area (TPSA) is 117 Å². The van der Waals surface area contributed by atoms with E-state index in [9.17, 15) is 8.42 Å². The minimum Gasteiger partial charge on any atom is -0.371 e. The van der Waals surface area contributed by atoms with Crippen LogP contribution in [0.1, 0.15) is 13.3 Å². The lowest BCUT2D eigenvalue weighted by molar-refractivity contribution is 0.321. The van der Waals surface area contributed by atoms with Crippen LogP contribution in [0.4, 0.5) is 0 Å². The van der Waals surface area contributed by atoms with Crippen molar-refractivity contribution >= 4 is 10.1 Å². The van der Waals surface area contributed by atoms with Gasteiger partial charge in [-0.1, -0.05) is 6.92 Å². The Bertz CT molecular complexity index is 411. The molecule has 0 saturated carbocycles. The summed E-state index contributed by atoms with van der Waals surface area (Å²) < 4.78 is 26.1. The molecule has 0 radical (unpaired) electrons. The first kappa shape index (κ1) is 16.7. The van der Waals surface area contributed by atoms with Crippen LogP contribution >= 0.6 is 0 Å². The molecule has 0 atom stereocenters. The van der Waals surface area contributed by atoms with Crippen LogP contribution in [0, 0.1) is 11.3 Å². The minimum atomic E-state index is -3.44. The fourth-order valence-corrected chi connectivity index (χ4v) is 1.48. The van der Waals surface area contributed by atoms with Gasteiger partial charge in [-0.05, 0) is 6.42 Å². The second-order valence-electron chi connectivity index (χ2n) is 3.55. The molecule has 0 bridgehead atoms. The summed E-state index contributed by atoms with van der Waals surface area (Å²) in [5.74, 6) is 0.527. The summed E-state index contributed by atoms with van der Waals surface area (Å²) in [6, 6.07) is 1.99. The molecule has 0 spiro atoms. The van der Waals surface area contributed by atoms with Crippen LogP contribution in [0.25, 0.3) is 0 Å². The average molecular weight is 276 g/mol. The first-order valence-corrected chi connectivity index (χ1v) is 7.41. The SMILES string of the molecule is CCCN/C(NCCOS(C)(=O)=O)=C(\C#N)CN. The third-order valence-corrected chi connectivity index (χ3v) is 2.49. The van der Waals surface area contributed by atoms with Crippen molar-refractivity contribution in [1.29, 1.82) is 5.26 Å². The Kier molecular flexibility index (Phi) is 8.11. The zero-order valence-electron chi connectivity index (χ0n) is 10.7. The van der Waals surface area contributed by atoms with Crippen molar-refractivity contribution < 1.29 is 12.6 Å². The van der Waals surface area contributed by atoms with Gasteiger partial charge < -0.3 is 16.4 Å². The van der Waals surface area contributed by atoms with Crippen LogP contribution in [0.5, 0.6) is 0 Å². The molecular formula is C10H20N4O3S. The molecule has 0 aliphatic rings. The fourth-order valence-electron chi connectivity index (χ4n) is 1.10. The molecule has 0 aliphatic carbocycles. The number of hydrogen-bond acceptors (Lipinski definition) is 7. The molecule has 18 heavy (non-hydrogen) atoms. The highest BCUT2D eigenvalue weighted by atomic mass is 32.2. The quantitative estimate of drug-likeness (QED) is 0.288. The molecule has 0 aromatic carbocycles. The molecule has 0 saturated heterocycles. The van der Waals surface area contributed by atoms with Crippen LogP contribution in [-0.4, -0.2) is 40.9 Å². The molecule has 0 aromatic rings. The molecule has 7 nitrogen and oxygen atoms in total. The van der Waals surface area contributed by atoms with Crippen molar-refractivity contribution in [2.45, 2.75) is 13.3 Å². The van der Waals surface area contributed by atoms with E-state index >= 15 is 0 Å². The molecule has 8 heteroatoms. The largest absolute Gasteiger partial charge is 0.371 e. The average Bonchev–Trinajstić information content (AvgIpc) is 2.30. The van der Waals surface area contributed by atoms with Crippen molar-refractivity contribution in [3.63, 3.8) is 0 Å². The maximum Gasteiger partial charge on any atom is 0.264 e. The van der Waals surface area contributed by atoms with Gasteiger partial charge in [-0.25, -0.2) is 0 Å². The molecule has 104 valence electrons. The van der Waals surface area contributed by atoms with E-state index in [-0.39, 0.29) is 19.7 Å². The Balaban J connectivity index is 4.35. The number of nitrogens with one attached hydrogen (secondary N) is 2. The van der Waals surface area contributed by atoms with Crippen LogP contribution in [0.15, 0.2) is 11.4 Å². The summed E-state index contributed by atoms with van der Waals surface area (Å²) in [6.07, 6.45) is 1.88. The van der Waals surface area contributed by atoms with Gasteiger partial charge in [-0.3, -0.25) is 4.18 Å². The maximum atomic E-state index is 10.7. The summed E-state index contributed by atoms with van der Waals surface area (Å²) in [4.78, 5) is 0. The molecule has 0 fully saturated rings. The predicted octanol–water partition coefficient (Wildman–Crippen LogP) is -0.754. The smallest absolute Gasteiger partial charge is 0.264 e. The highest BCUT2D eigenvalue weighted by Gasteiger charge is 2.05. The van der Waals surface area contributed by atoms with E-state index in [2.05, 4.69) is 14.8 Å². The number of rotatable bonds is 9. The molecule has 0 aliphatic heterocycles. The van der Waals surface area contributed by atoms with Gasteiger partial charge in [0.1, 0.15) is 5.82 Å². The maximum absolute atomic E-state index is 10.7. The normalized spacial score (nSPS) is 12.6. The molecule has 0 rings (SSSR count). The summed E-state index contributed by atoms with van der Waals surface area (Å²) in [5.41, 5.74) is 5.83. The Morgan fingerprint density at radius 2 is 2.00 bits per heavy atom. The van der Waals surface area contributed by atoms with E-state index < -0.39 is 10.1 Å². The zero-order chi connectivity index (χ0) is 14.0. The first-order chi connectivity index (χ1) is 8.44. The van der Waals surface area contributed by atoms with Crippen LogP contribution in [0.3, 0.4) is 0 Å². The third kappa shape index (κ3) is 7.89. The van der Waals surface area contributed by atoms with Crippen molar-refractivity contribution in [2.24, 2.45) is 5.73 Å². The van der Waals surface area contributed by atoms with Gasteiger partial charge in [-0.2, -0.15) is 13.7 Å². The Hall–Kier alpha value is -1.30. The second-order valence-corrected chi connectivity index (χ2v) is 5.19. The molecule has 0 unspecified atom stereocenters. The van der Waals surface area contributed by atoms with Crippen LogP contribution < -0.4 is 16.4 Å². The molecular weight excluding hydrogens is 256 g/mol. The van der Waals surface area contributed by atoms with Gasteiger partial charge >= 0.3 is 0 Å². The summed E-state index contributed by atoms with van der Waals surface area (Å²) in [6.45, 7) is 3.07. The summed E-state index contributed by atoms with van der Waals surface area (Å²) in [7, 11) is -3.44. The van der Waals surface area contributed by atoms with Crippen LogP contribution in [0.2, 0.25) is 0 Å². The summed E-state index contributed by atoms with van der Waals surface area (Å²) in [5, 5.41) is 14.8. The highest BCUT2D eigenvalue weighted by Crippen LogP contribution is 1.96.